The summed E-state index contributed by atoms with van der Waals surface area (Å²) < 4.78 is 0. The molecule has 0 aromatic heterocycles. The van der Waals surface area contributed by atoms with Gasteiger partial charge < -0.3 is 30.6 Å². The Bertz CT molecular complexity index is 1390. The molecule has 33 heavy (non-hydrogen) atoms. The lowest BCUT2D eigenvalue weighted by Crippen LogP contribution is -1.97. The fourth-order valence-electron chi connectivity index (χ4n) is 6.00. The van der Waals surface area contributed by atoms with Gasteiger partial charge in [0.2, 0.25) is 0 Å². The number of benzene rings is 4. The molecule has 0 aliphatic heterocycles. The highest BCUT2D eigenvalue weighted by molar-refractivity contribution is 6.01. The second kappa shape index (κ2) is 5.72. The first kappa shape index (κ1) is 18.3. The smallest absolute Gasteiger partial charge is 0.158 e. The highest BCUT2D eigenvalue weighted by Crippen LogP contribution is 2.58. The first-order valence-corrected chi connectivity index (χ1v) is 10.7. The average molecular weight is 438 g/mol. The van der Waals surface area contributed by atoms with E-state index in [1.165, 1.54) is 0 Å². The second-order valence-corrected chi connectivity index (χ2v) is 9.09. The highest BCUT2D eigenvalue weighted by Gasteiger charge is 2.38. The zero-order valence-electron chi connectivity index (χ0n) is 17.3. The summed E-state index contributed by atoms with van der Waals surface area (Å²) in [7, 11) is 0. The van der Waals surface area contributed by atoms with E-state index in [-0.39, 0.29) is 34.5 Å². The molecule has 0 heterocycles. The number of aromatic hydroxyl groups is 6. The molecule has 7 rings (SSSR count). The Hall–Kier alpha value is -4.32. The third-order valence-corrected chi connectivity index (χ3v) is 7.32. The quantitative estimate of drug-likeness (QED) is 0.192. The Morgan fingerprint density at radius 1 is 0.364 bits per heavy atom. The van der Waals surface area contributed by atoms with E-state index in [4.69, 9.17) is 0 Å². The largest absolute Gasteiger partial charge is 0.504 e. The number of hydrogen-bond acceptors (Lipinski definition) is 6. The van der Waals surface area contributed by atoms with Gasteiger partial charge in [-0.1, -0.05) is 0 Å². The van der Waals surface area contributed by atoms with E-state index in [9.17, 15) is 30.6 Å². The van der Waals surface area contributed by atoms with Crippen molar-refractivity contribution in [3.05, 3.63) is 69.8 Å². The number of phenolic OH excluding ortho intramolecular Hbond substituents is 6. The molecule has 0 amide bonds. The summed E-state index contributed by atoms with van der Waals surface area (Å²) in [6.45, 7) is 0. The first-order chi connectivity index (χ1) is 15.8. The van der Waals surface area contributed by atoms with E-state index in [0.29, 0.717) is 19.3 Å². The molecule has 6 heteroatoms. The molecule has 3 aliphatic carbocycles. The molecular formula is C27H18O6. The summed E-state index contributed by atoms with van der Waals surface area (Å²) in [5.41, 5.74) is 11.3. The first-order valence-electron chi connectivity index (χ1n) is 10.7. The van der Waals surface area contributed by atoms with Crippen molar-refractivity contribution in [3.63, 3.8) is 0 Å². The van der Waals surface area contributed by atoms with E-state index < -0.39 is 0 Å². The van der Waals surface area contributed by atoms with Gasteiger partial charge in [0.25, 0.3) is 0 Å². The predicted octanol–water partition coefficient (Wildman–Crippen LogP) is 4.63. The fourth-order valence-corrected chi connectivity index (χ4v) is 6.00. The maximum atomic E-state index is 10.2. The van der Waals surface area contributed by atoms with E-state index in [1.807, 2.05) is 0 Å². The van der Waals surface area contributed by atoms with Crippen molar-refractivity contribution in [2.75, 3.05) is 0 Å². The van der Waals surface area contributed by atoms with Gasteiger partial charge in [-0.25, -0.2) is 0 Å². The lowest BCUT2D eigenvalue weighted by Gasteiger charge is -2.17. The van der Waals surface area contributed by atoms with Crippen molar-refractivity contribution in [3.8, 4) is 67.9 Å². The van der Waals surface area contributed by atoms with Crippen LogP contribution >= 0.6 is 0 Å². The van der Waals surface area contributed by atoms with Crippen molar-refractivity contribution in [2.45, 2.75) is 19.3 Å². The van der Waals surface area contributed by atoms with Crippen LogP contribution in [-0.2, 0) is 19.3 Å². The fraction of sp³-hybridized carbons (Fsp3) is 0.111. The van der Waals surface area contributed by atoms with Crippen molar-refractivity contribution < 1.29 is 30.6 Å². The Labute approximate surface area is 187 Å². The topological polar surface area (TPSA) is 121 Å². The minimum atomic E-state index is -0.190. The third kappa shape index (κ3) is 2.17. The third-order valence-electron chi connectivity index (χ3n) is 7.32. The molecule has 6 N–H and O–H groups in total. The molecular weight excluding hydrogens is 420 g/mol. The van der Waals surface area contributed by atoms with Gasteiger partial charge in [0.15, 0.2) is 34.5 Å². The summed E-state index contributed by atoms with van der Waals surface area (Å²) in [6, 6.07) is 9.54. The van der Waals surface area contributed by atoms with Gasteiger partial charge in [-0.15, -0.1) is 0 Å². The summed E-state index contributed by atoms with van der Waals surface area (Å²) in [5.74, 6) is -1.08. The van der Waals surface area contributed by atoms with Gasteiger partial charge in [0, 0.05) is 0 Å². The summed E-state index contributed by atoms with van der Waals surface area (Å²) >= 11 is 0. The van der Waals surface area contributed by atoms with Crippen molar-refractivity contribution in [1.29, 1.82) is 0 Å². The molecule has 4 aromatic carbocycles. The second-order valence-electron chi connectivity index (χ2n) is 9.09. The molecule has 6 nitrogen and oxygen atoms in total. The van der Waals surface area contributed by atoms with Crippen molar-refractivity contribution in [1.82, 2.24) is 0 Å². The molecule has 0 bridgehead atoms. The zero-order valence-corrected chi connectivity index (χ0v) is 17.3. The molecule has 0 unspecified atom stereocenters. The van der Waals surface area contributed by atoms with Gasteiger partial charge in [-0.3, -0.25) is 0 Å². The van der Waals surface area contributed by atoms with Crippen LogP contribution in [0.25, 0.3) is 33.4 Å². The maximum Gasteiger partial charge on any atom is 0.158 e. The summed E-state index contributed by atoms with van der Waals surface area (Å²) in [5, 5.41) is 61.1. The SMILES string of the molecule is Oc1cc2c(cc1O)-c1c(c3c(c4c1Cc1cc(O)c(O)cc1-4)Cc1cc(O)c(O)cc1-3)C2. The minimum absolute atomic E-state index is 0.170. The molecule has 0 radical (unpaired) electrons. The average Bonchev–Trinajstić information content (AvgIpc) is 3.41. The predicted molar refractivity (Wildman–Crippen MR) is 121 cm³/mol. The number of rotatable bonds is 0. The maximum absolute atomic E-state index is 10.2. The van der Waals surface area contributed by atoms with Crippen molar-refractivity contribution in [2.24, 2.45) is 0 Å². The van der Waals surface area contributed by atoms with Crippen LogP contribution in [0.1, 0.15) is 33.4 Å². The number of hydrogen-bond donors (Lipinski definition) is 6. The minimum Gasteiger partial charge on any atom is -0.504 e. The molecule has 3 aliphatic rings. The van der Waals surface area contributed by atoms with Gasteiger partial charge in [0.05, 0.1) is 0 Å². The normalized spacial score (nSPS) is 13.8. The Morgan fingerprint density at radius 3 is 0.879 bits per heavy atom. The van der Waals surface area contributed by atoms with Gasteiger partial charge >= 0.3 is 0 Å². The zero-order chi connectivity index (χ0) is 22.8. The van der Waals surface area contributed by atoms with Gasteiger partial charge in [0.1, 0.15) is 0 Å². The van der Waals surface area contributed by atoms with Crippen LogP contribution in [0.15, 0.2) is 36.4 Å². The molecule has 0 saturated carbocycles. The van der Waals surface area contributed by atoms with Crippen LogP contribution in [-0.4, -0.2) is 30.6 Å². The Kier molecular flexibility index (Phi) is 3.17. The number of fused-ring (bicyclic) bond motifs is 12. The van der Waals surface area contributed by atoms with Crippen LogP contribution in [0.5, 0.6) is 34.5 Å². The lowest BCUT2D eigenvalue weighted by molar-refractivity contribution is 0.403. The van der Waals surface area contributed by atoms with Crippen LogP contribution in [0.2, 0.25) is 0 Å². The van der Waals surface area contributed by atoms with Gasteiger partial charge in [-0.05, 0) is 122 Å². The number of phenols is 6. The molecule has 0 saturated heterocycles. The van der Waals surface area contributed by atoms with Crippen LogP contribution < -0.4 is 0 Å². The molecule has 0 atom stereocenters. The van der Waals surface area contributed by atoms with Crippen LogP contribution in [0.3, 0.4) is 0 Å². The van der Waals surface area contributed by atoms with E-state index in [1.54, 1.807) is 36.4 Å². The van der Waals surface area contributed by atoms with E-state index >= 15 is 0 Å². The molecule has 4 aromatic rings. The van der Waals surface area contributed by atoms with E-state index in [2.05, 4.69) is 0 Å². The molecule has 162 valence electrons. The standard InChI is InChI=1S/C27H18O6/c28-19-4-10-1-16-25(13(10)7-22(19)31)17-3-12-6-21(30)24(33)9-15(12)27(17)18-2-11-5-20(29)23(32)8-14(11)26(16)18/h4-9,28-33H,1-3H2. The summed E-state index contributed by atoms with van der Waals surface area (Å²) in [4.78, 5) is 0. The van der Waals surface area contributed by atoms with Crippen LogP contribution in [0, 0.1) is 0 Å². The molecule has 0 fully saturated rings. The monoisotopic (exact) mass is 438 g/mol. The van der Waals surface area contributed by atoms with Gasteiger partial charge in [-0.2, -0.15) is 0 Å². The van der Waals surface area contributed by atoms with Crippen molar-refractivity contribution >= 4 is 0 Å². The highest BCUT2D eigenvalue weighted by atomic mass is 16.3. The molecule has 0 spiro atoms. The summed E-state index contributed by atoms with van der Waals surface area (Å²) in [6.07, 6.45) is 1.67. The Morgan fingerprint density at radius 2 is 0.606 bits per heavy atom. The van der Waals surface area contributed by atoms with E-state index in [0.717, 1.165) is 66.8 Å². The Balaban J connectivity index is 1.62. The lowest BCUT2D eigenvalue weighted by atomic mass is 9.86. The van der Waals surface area contributed by atoms with Crippen LogP contribution in [0.4, 0.5) is 0 Å².